The van der Waals surface area contributed by atoms with Crippen LogP contribution in [0.1, 0.15) is 25.3 Å². The van der Waals surface area contributed by atoms with Gasteiger partial charge in [0.05, 0.1) is 12.9 Å². The number of benzene rings is 1. The first-order valence-electron chi connectivity index (χ1n) is 5.96. The fourth-order valence-electron chi connectivity index (χ4n) is 1.75. The molecule has 2 atom stereocenters. The molecule has 5 nitrogen and oxygen atoms in total. The summed E-state index contributed by atoms with van der Waals surface area (Å²) in [5.41, 5.74) is 0.784. The zero-order valence-corrected chi connectivity index (χ0v) is 13.1. The van der Waals surface area contributed by atoms with E-state index in [0.29, 0.717) is 5.02 Å². The molecule has 112 valence electrons. The van der Waals surface area contributed by atoms with Gasteiger partial charge in [-0.15, -0.1) is 0 Å². The molecule has 0 saturated carbocycles. The summed E-state index contributed by atoms with van der Waals surface area (Å²) in [7, 11) is -3.56. The van der Waals surface area contributed by atoms with Crippen molar-refractivity contribution in [3.63, 3.8) is 0 Å². The van der Waals surface area contributed by atoms with E-state index >= 15 is 0 Å². The van der Waals surface area contributed by atoms with Crippen molar-refractivity contribution in [2.24, 2.45) is 0 Å². The van der Waals surface area contributed by atoms with E-state index in [0.717, 1.165) is 11.8 Å². The molecule has 0 heterocycles. The maximum Gasteiger partial charge on any atom is 0.302 e. The Kier molecular flexibility index (Phi) is 5.98. The number of esters is 1. The summed E-state index contributed by atoms with van der Waals surface area (Å²) in [6, 6.07) is 6.87. The van der Waals surface area contributed by atoms with Crippen LogP contribution in [0.5, 0.6) is 0 Å². The molecule has 1 unspecified atom stereocenters. The lowest BCUT2D eigenvalue weighted by molar-refractivity contribution is -0.146. The van der Waals surface area contributed by atoms with Gasteiger partial charge in [-0.25, -0.2) is 0 Å². The van der Waals surface area contributed by atoms with Crippen molar-refractivity contribution < 1.29 is 22.1 Å². The van der Waals surface area contributed by atoms with Crippen molar-refractivity contribution in [2.45, 2.75) is 25.9 Å². The third-order valence-corrected chi connectivity index (χ3v) is 3.49. The predicted molar refractivity (Wildman–Crippen MR) is 76.2 cm³/mol. The highest BCUT2D eigenvalue weighted by Gasteiger charge is 2.24. The van der Waals surface area contributed by atoms with Gasteiger partial charge in [-0.05, 0) is 24.6 Å². The van der Waals surface area contributed by atoms with Crippen LogP contribution < -0.4 is 0 Å². The van der Waals surface area contributed by atoms with Crippen LogP contribution in [0.2, 0.25) is 5.02 Å². The summed E-state index contributed by atoms with van der Waals surface area (Å²) in [6.45, 7) is 2.88. The average molecular weight is 321 g/mol. The molecule has 0 saturated heterocycles. The van der Waals surface area contributed by atoms with Crippen LogP contribution in [0.4, 0.5) is 0 Å². The minimum absolute atomic E-state index is 0.102. The van der Waals surface area contributed by atoms with Crippen LogP contribution in [-0.4, -0.2) is 33.4 Å². The van der Waals surface area contributed by atoms with Crippen molar-refractivity contribution >= 4 is 27.7 Å². The molecule has 7 heteroatoms. The molecule has 0 aliphatic heterocycles. The highest BCUT2D eigenvalue weighted by Crippen LogP contribution is 2.24. The monoisotopic (exact) mass is 320 g/mol. The molecule has 0 aromatic heterocycles. The maximum absolute atomic E-state index is 11.1. The zero-order valence-electron chi connectivity index (χ0n) is 11.5. The number of halogens is 1. The summed E-state index contributed by atoms with van der Waals surface area (Å²) in [5, 5.41) is 0.566. The summed E-state index contributed by atoms with van der Waals surface area (Å²) >= 11 is 5.82. The first-order valence-corrected chi connectivity index (χ1v) is 8.15. The Hall–Kier alpha value is -1.11. The van der Waals surface area contributed by atoms with Crippen molar-refractivity contribution in [3.8, 4) is 0 Å². The SMILES string of the molecule is CC(=O)O[C@@H](C)C(COS(C)(=O)=O)c1ccc(Cl)cc1. The van der Waals surface area contributed by atoms with E-state index in [1.807, 2.05) is 0 Å². The molecule has 0 spiro atoms. The van der Waals surface area contributed by atoms with E-state index in [2.05, 4.69) is 0 Å². The largest absolute Gasteiger partial charge is 0.462 e. The van der Waals surface area contributed by atoms with Gasteiger partial charge in [0.1, 0.15) is 6.10 Å². The minimum atomic E-state index is -3.56. The summed E-state index contributed by atoms with van der Waals surface area (Å²) in [4.78, 5) is 11.0. The number of carbonyl (C=O) groups excluding carboxylic acids is 1. The van der Waals surface area contributed by atoms with Gasteiger partial charge in [-0.2, -0.15) is 8.42 Å². The molecule has 0 aliphatic rings. The third kappa shape index (κ3) is 5.90. The molecule has 0 fully saturated rings. The van der Waals surface area contributed by atoms with Gasteiger partial charge in [-0.1, -0.05) is 23.7 Å². The van der Waals surface area contributed by atoms with Crippen LogP contribution >= 0.6 is 11.6 Å². The molecule has 0 N–H and O–H groups in total. The molecule has 1 rings (SSSR count). The van der Waals surface area contributed by atoms with Gasteiger partial charge in [0, 0.05) is 17.9 Å². The van der Waals surface area contributed by atoms with Gasteiger partial charge < -0.3 is 4.74 Å². The lowest BCUT2D eigenvalue weighted by Crippen LogP contribution is -2.26. The van der Waals surface area contributed by atoms with Gasteiger partial charge in [-0.3, -0.25) is 8.98 Å². The standard InChI is InChI=1S/C13H17ClO5S/c1-9(19-10(2)15)13(8-18-20(3,16)17)11-4-6-12(14)7-5-11/h4-7,9,13H,8H2,1-3H3/t9-,13?/m0/s1. The Bertz CT molecular complexity index is 553. The van der Waals surface area contributed by atoms with E-state index < -0.39 is 28.1 Å². The molecule has 1 aromatic carbocycles. The maximum atomic E-state index is 11.1. The first kappa shape index (κ1) is 16.9. The van der Waals surface area contributed by atoms with E-state index in [4.69, 9.17) is 20.5 Å². The van der Waals surface area contributed by atoms with Gasteiger partial charge >= 0.3 is 5.97 Å². The Morgan fingerprint density at radius 3 is 2.30 bits per heavy atom. The van der Waals surface area contributed by atoms with Crippen LogP contribution in [-0.2, 0) is 23.8 Å². The number of hydrogen-bond acceptors (Lipinski definition) is 5. The Balaban J connectivity index is 2.93. The summed E-state index contributed by atoms with van der Waals surface area (Å²) in [5.74, 6) is -0.832. The lowest BCUT2D eigenvalue weighted by Gasteiger charge is -2.23. The van der Waals surface area contributed by atoms with Crippen molar-refractivity contribution in [3.05, 3.63) is 34.9 Å². The first-order chi connectivity index (χ1) is 9.19. The molecule has 20 heavy (non-hydrogen) atoms. The summed E-state index contributed by atoms with van der Waals surface area (Å²) in [6.07, 6.45) is 0.456. The normalized spacial score (nSPS) is 14.6. The zero-order chi connectivity index (χ0) is 15.3. The number of rotatable bonds is 6. The van der Waals surface area contributed by atoms with E-state index in [1.54, 1.807) is 31.2 Å². The summed E-state index contributed by atoms with van der Waals surface area (Å²) < 4.78 is 32.2. The molecular formula is C13H17ClO5S. The minimum Gasteiger partial charge on any atom is -0.462 e. The Labute approximate surface area is 124 Å². The van der Waals surface area contributed by atoms with Crippen LogP contribution in [0.15, 0.2) is 24.3 Å². The van der Waals surface area contributed by atoms with E-state index in [9.17, 15) is 13.2 Å². The highest BCUT2D eigenvalue weighted by atomic mass is 35.5. The molecule has 0 amide bonds. The van der Waals surface area contributed by atoms with Crippen LogP contribution in [0.25, 0.3) is 0 Å². The van der Waals surface area contributed by atoms with Crippen molar-refractivity contribution in [2.75, 3.05) is 12.9 Å². The molecular weight excluding hydrogens is 304 g/mol. The van der Waals surface area contributed by atoms with Crippen LogP contribution in [0.3, 0.4) is 0 Å². The van der Waals surface area contributed by atoms with Gasteiger partial charge in [0.25, 0.3) is 10.1 Å². The number of ether oxygens (including phenoxy) is 1. The smallest absolute Gasteiger partial charge is 0.302 e. The van der Waals surface area contributed by atoms with Gasteiger partial charge in [0.2, 0.25) is 0 Å². The van der Waals surface area contributed by atoms with Gasteiger partial charge in [0.15, 0.2) is 0 Å². The topological polar surface area (TPSA) is 69.7 Å². The van der Waals surface area contributed by atoms with E-state index in [1.165, 1.54) is 6.92 Å². The second-order valence-electron chi connectivity index (χ2n) is 4.46. The van der Waals surface area contributed by atoms with E-state index in [-0.39, 0.29) is 6.61 Å². The number of carbonyl (C=O) groups is 1. The average Bonchev–Trinajstić information content (AvgIpc) is 2.29. The van der Waals surface area contributed by atoms with Crippen LogP contribution in [0, 0.1) is 0 Å². The fraction of sp³-hybridized carbons (Fsp3) is 0.462. The third-order valence-electron chi connectivity index (χ3n) is 2.68. The Morgan fingerprint density at radius 2 is 1.85 bits per heavy atom. The molecule has 0 bridgehead atoms. The lowest BCUT2D eigenvalue weighted by atomic mass is 9.95. The second kappa shape index (κ2) is 7.06. The molecule has 1 aromatic rings. The van der Waals surface area contributed by atoms with Crippen molar-refractivity contribution in [1.29, 1.82) is 0 Å². The molecule has 0 radical (unpaired) electrons. The fourth-order valence-corrected chi connectivity index (χ4v) is 2.27. The molecule has 0 aliphatic carbocycles. The second-order valence-corrected chi connectivity index (χ2v) is 6.54. The number of hydrogen-bond donors (Lipinski definition) is 0. The predicted octanol–water partition coefficient (Wildman–Crippen LogP) is 2.35. The quantitative estimate of drug-likeness (QED) is 0.594. The Morgan fingerprint density at radius 1 is 1.30 bits per heavy atom. The highest BCUT2D eigenvalue weighted by molar-refractivity contribution is 7.85. The van der Waals surface area contributed by atoms with Crippen molar-refractivity contribution in [1.82, 2.24) is 0 Å².